The second-order valence-corrected chi connectivity index (χ2v) is 6.93. The molecule has 0 unspecified atom stereocenters. The average molecular weight is 396 g/mol. The Kier molecular flexibility index (Phi) is 5.66. The molecule has 1 aromatic rings. The number of nitrogens with two attached hydrogens (primary N) is 1. The van der Waals surface area contributed by atoms with Crippen molar-refractivity contribution in [2.24, 2.45) is 0 Å². The Hall–Kier alpha value is -0.550. The quantitative estimate of drug-likeness (QED) is 0.457. The fraction of sp³-hybridized carbons (Fsp3) is 0.273. The molecule has 0 saturated carbocycles. The summed E-state index contributed by atoms with van der Waals surface area (Å²) >= 11 is 6.39. The van der Waals surface area contributed by atoms with Gasteiger partial charge in [-0.05, 0) is 50.4 Å². The van der Waals surface area contributed by atoms with Gasteiger partial charge in [-0.25, -0.2) is 13.1 Å². The zero-order valence-electron chi connectivity index (χ0n) is 9.41. The summed E-state index contributed by atoms with van der Waals surface area (Å²) in [5.74, 6) is 2.45. The molecule has 18 heavy (non-hydrogen) atoms. The van der Waals surface area contributed by atoms with Gasteiger partial charge in [0.15, 0.2) is 0 Å². The van der Waals surface area contributed by atoms with E-state index in [1.807, 2.05) is 0 Å². The van der Waals surface area contributed by atoms with Crippen molar-refractivity contribution in [2.45, 2.75) is 17.7 Å². The lowest BCUT2D eigenvalue weighted by Gasteiger charge is -2.10. The molecular formula is C11H12Br2N2O2S. The van der Waals surface area contributed by atoms with E-state index >= 15 is 0 Å². The second-order valence-electron chi connectivity index (χ2n) is 3.52. The van der Waals surface area contributed by atoms with E-state index in [9.17, 15) is 8.42 Å². The lowest BCUT2D eigenvalue weighted by Crippen LogP contribution is -2.25. The third-order valence-electron chi connectivity index (χ3n) is 2.08. The van der Waals surface area contributed by atoms with Crippen LogP contribution in [0.5, 0.6) is 0 Å². The van der Waals surface area contributed by atoms with Crippen LogP contribution in [0.1, 0.15) is 12.8 Å². The number of terminal acetylenes is 1. The fourth-order valence-corrected chi connectivity index (χ4v) is 4.99. The number of anilines is 1. The molecule has 1 rings (SSSR count). The van der Waals surface area contributed by atoms with Gasteiger partial charge >= 0.3 is 0 Å². The SMILES string of the molecule is C#CCCCNS(=O)(=O)c1c(Br)cc(N)cc1Br. The van der Waals surface area contributed by atoms with E-state index in [1.165, 1.54) is 0 Å². The molecule has 3 N–H and O–H groups in total. The van der Waals surface area contributed by atoms with Gasteiger partial charge in [-0.2, -0.15) is 0 Å². The molecule has 0 spiro atoms. The molecule has 0 bridgehead atoms. The third-order valence-corrected chi connectivity index (χ3v) is 5.42. The van der Waals surface area contributed by atoms with Crippen LogP contribution in [0.3, 0.4) is 0 Å². The molecule has 7 heteroatoms. The number of halogens is 2. The normalized spacial score (nSPS) is 11.2. The van der Waals surface area contributed by atoms with E-state index in [-0.39, 0.29) is 4.90 Å². The van der Waals surface area contributed by atoms with Gasteiger partial charge in [-0.3, -0.25) is 0 Å². The number of hydrogen-bond acceptors (Lipinski definition) is 3. The summed E-state index contributed by atoms with van der Waals surface area (Å²) in [6, 6.07) is 3.08. The van der Waals surface area contributed by atoms with Crippen molar-refractivity contribution < 1.29 is 8.42 Å². The molecule has 0 heterocycles. The minimum absolute atomic E-state index is 0.136. The number of sulfonamides is 1. The molecule has 0 aliphatic heterocycles. The molecule has 0 saturated heterocycles. The van der Waals surface area contributed by atoms with Gasteiger partial charge in [0.05, 0.1) is 0 Å². The maximum atomic E-state index is 12.1. The number of nitrogen functional groups attached to an aromatic ring is 1. The maximum absolute atomic E-state index is 12.1. The third kappa shape index (κ3) is 3.99. The van der Waals surface area contributed by atoms with Crippen LogP contribution in [-0.2, 0) is 10.0 Å². The first-order valence-corrected chi connectivity index (χ1v) is 8.13. The number of benzene rings is 1. The topological polar surface area (TPSA) is 72.2 Å². The van der Waals surface area contributed by atoms with Gasteiger partial charge < -0.3 is 5.73 Å². The highest BCUT2D eigenvalue weighted by atomic mass is 79.9. The maximum Gasteiger partial charge on any atom is 0.242 e. The monoisotopic (exact) mass is 394 g/mol. The molecule has 0 aromatic heterocycles. The Labute approximate surface area is 124 Å². The van der Waals surface area contributed by atoms with Crippen LogP contribution in [0.4, 0.5) is 5.69 Å². The highest BCUT2D eigenvalue weighted by Crippen LogP contribution is 2.32. The molecule has 0 atom stereocenters. The summed E-state index contributed by atoms with van der Waals surface area (Å²) < 4.78 is 27.5. The van der Waals surface area contributed by atoms with Crippen LogP contribution in [0.15, 0.2) is 26.0 Å². The first kappa shape index (κ1) is 15.5. The van der Waals surface area contributed by atoms with Crippen molar-refractivity contribution in [3.63, 3.8) is 0 Å². The van der Waals surface area contributed by atoms with E-state index in [2.05, 4.69) is 42.5 Å². The number of rotatable bonds is 5. The summed E-state index contributed by atoms with van der Waals surface area (Å²) in [6.07, 6.45) is 6.23. The zero-order valence-corrected chi connectivity index (χ0v) is 13.4. The average Bonchev–Trinajstić information content (AvgIpc) is 2.22. The van der Waals surface area contributed by atoms with Crippen LogP contribution < -0.4 is 10.5 Å². The molecular weight excluding hydrogens is 384 g/mol. The Morgan fingerprint density at radius 1 is 1.33 bits per heavy atom. The standard InChI is InChI=1S/C11H12Br2N2O2S/c1-2-3-4-5-15-18(16,17)11-9(12)6-8(14)7-10(11)13/h1,6-7,15H,3-5,14H2. The van der Waals surface area contributed by atoms with Crippen molar-refractivity contribution in [1.29, 1.82) is 0 Å². The number of hydrogen-bond donors (Lipinski definition) is 2. The van der Waals surface area contributed by atoms with Gasteiger partial charge in [-0.1, -0.05) is 0 Å². The van der Waals surface area contributed by atoms with E-state index in [4.69, 9.17) is 12.2 Å². The first-order chi connectivity index (χ1) is 8.38. The molecule has 0 radical (unpaired) electrons. The van der Waals surface area contributed by atoms with Crippen molar-refractivity contribution in [3.8, 4) is 12.3 Å². The molecule has 1 aromatic carbocycles. The lowest BCUT2D eigenvalue weighted by molar-refractivity contribution is 0.578. The van der Waals surface area contributed by atoms with Crippen LogP contribution >= 0.6 is 31.9 Å². The van der Waals surface area contributed by atoms with Crippen LogP contribution in [-0.4, -0.2) is 15.0 Å². The molecule has 4 nitrogen and oxygen atoms in total. The van der Waals surface area contributed by atoms with E-state index in [0.717, 1.165) is 0 Å². The van der Waals surface area contributed by atoms with E-state index in [1.54, 1.807) is 12.1 Å². The minimum atomic E-state index is -3.59. The predicted octanol–water partition coefficient (Wildman–Crippen LogP) is 2.49. The largest absolute Gasteiger partial charge is 0.399 e. The summed E-state index contributed by atoms with van der Waals surface area (Å²) in [7, 11) is -3.59. The van der Waals surface area contributed by atoms with Gasteiger partial charge in [0.25, 0.3) is 0 Å². The molecule has 0 fully saturated rings. The molecule has 0 amide bonds. The fourth-order valence-electron chi connectivity index (χ4n) is 1.31. The van der Waals surface area contributed by atoms with Crippen molar-refractivity contribution in [1.82, 2.24) is 4.72 Å². The Bertz CT molecular complexity index is 556. The highest BCUT2D eigenvalue weighted by Gasteiger charge is 2.21. The van der Waals surface area contributed by atoms with Gasteiger partial charge in [-0.15, -0.1) is 12.3 Å². The van der Waals surface area contributed by atoms with E-state index in [0.29, 0.717) is 34.0 Å². The summed E-state index contributed by atoms with van der Waals surface area (Å²) in [5, 5.41) is 0. The van der Waals surface area contributed by atoms with Gasteiger partial charge in [0, 0.05) is 27.6 Å². The predicted molar refractivity (Wildman–Crippen MR) is 79.5 cm³/mol. The van der Waals surface area contributed by atoms with E-state index < -0.39 is 10.0 Å². The van der Waals surface area contributed by atoms with Gasteiger partial charge in [0.1, 0.15) is 4.90 Å². The molecule has 98 valence electrons. The van der Waals surface area contributed by atoms with Crippen molar-refractivity contribution in [3.05, 3.63) is 21.1 Å². The molecule has 0 aliphatic rings. The Morgan fingerprint density at radius 3 is 2.39 bits per heavy atom. The zero-order chi connectivity index (χ0) is 13.8. The minimum Gasteiger partial charge on any atom is -0.399 e. The Morgan fingerprint density at radius 2 is 1.89 bits per heavy atom. The number of unbranched alkanes of at least 4 members (excludes halogenated alkanes) is 1. The van der Waals surface area contributed by atoms with Gasteiger partial charge in [0.2, 0.25) is 10.0 Å². The van der Waals surface area contributed by atoms with Crippen molar-refractivity contribution in [2.75, 3.05) is 12.3 Å². The summed E-state index contributed by atoms with van der Waals surface area (Å²) in [5.41, 5.74) is 6.09. The smallest absolute Gasteiger partial charge is 0.242 e. The summed E-state index contributed by atoms with van der Waals surface area (Å²) in [4.78, 5) is 0.136. The second kappa shape index (κ2) is 6.57. The van der Waals surface area contributed by atoms with Crippen LogP contribution in [0.25, 0.3) is 0 Å². The highest BCUT2D eigenvalue weighted by molar-refractivity contribution is 9.11. The van der Waals surface area contributed by atoms with Crippen molar-refractivity contribution >= 4 is 47.6 Å². The summed E-state index contributed by atoms with van der Waals surface area (Å²) in [6.45, 7) is 0.301. The first-order valence-electron chi connectivity index (χ1n) is 5.06. The number of nitrogens with one attached hydrogen (secondary N) is 1. The Balaban J connectivity index is 2.96. The lowest BCUT2D eigenvalue weighted by atomic mass is 10.3. The molecule has 0 aliphatic carbocycles. The van der Waals surface area contributed by atoms with Crippen LogP contribution in [0.2, 0.25) is 0 Å². The van der Waals surface area contributed by atoms with Crippen LogP contribution in [0, 0.1) is 12.3 Å².